The number of ether oxygens (including phenoxy) is 2. The van der Waals surface area contributed by atoms with Crippen LogP contribution in [0.3, 0.4) is 0 Å². The molecule has 0 spiro atoms. The van der Waals surface area contributed by atoms with Gasteiger partial charge in [0.15, 0.2) is 11.5 Å². The average molecular weight is 386 g/mol. The van der Waals surface area contributed by atoms with Gasteiger partial charge in [-0.25, -0.2) is 4.99 Å². The van der Waals surface area contributed by atoms with E-state index >= 15 is 0 Å². The lowest BCUT2D eigenvalue weighted by Gasteiger charge is -2.25. The maximum absolute atomic E-state index is 13.3. The number of ketones is 2. The molecule has 0 bridgehead atoms. The van der Waals surface area contributed by atoms with E-state index in [1.165, 1.54) is 13.0 Å². The van der Waals surface area contributed by atoms with Crippen molar-refractivity contribution in [2.45, 2.75) is 20.0 Å². The van der Waals surface area contributed by atoms with Crippen molar-refractivity contribution in [3.8, 4) is 11.5 Å². The molecule has 0 saturated carbocycles. The van der Waals surface area contributed by atoms with Crippen LogP contribution in [0.15, 0.2) is 54.1 Å². The number of hydrogen-bond acceptors (Lipinski definition) is 5. The molecule has 1 unspecified atom stereocenters. The zero-order valence-corrected chi connectivity index (χ0v) is 15.7. The van der Waals surface area contributed by atoms with Crippen molar-refractivity contribution in [2.24, 2.45) is 0 Å². The average Bonchev–Trinajstić information content (AvgIpc) is 2.69. The third-order valence-corrected chi connectivity index (χ3v) is 5.15. The highest BCUT2D eigenvalue weighted by molar-refractivity contribution is 6.31. The molecule has 0 amide bonds. The molecule has 0 radical (unpaired) electrons. The van der Waals surface area contributed by atoms with Crippen LogP contribution in [-0.2, 0) is 4.79 Å². The summed E-state index contributed by atoms with van der Waals surface area (Å²) in [5, 5.41) is 0. The summed E-state index contributed by atoms with van der Waals surface area (Å²) in [6.45, 7) is 3.21. The summed E-state index contributed by atoms with van der Waals surface area (Å²) in [6.07, 6.45) is 5.42. The fraction of sp³-hybridized carbons (Fsp3) is 0.130. The smallest absolute Gasteiger partial charge is 0.308 e. The second-order valence-electron chi connectivity index (χ2n) is 7.16. The van der Waals surface area contributed by atoms with Gasteiger partial charge in [-0.3, -0.25) is 14.4 Å². The van der Waals surface area contributed by atoms with Gasteiger partial charge in [-0.2, -0.15) is 0 Å². The lowest BCUT2D eigenvalue weighted by atomic mass is 9.82. The number of esters is 1. The van der Waals surface area contributed by atoms with Crippen LogP contribution in [-0.4, -0.2) is 29.4 Å². The topological polar surface area (TPSA) is 83.6 Å². The fourth-order valence-electron chi connectivity index (χ4n) is 3.88. The Labute approximate surface area is 166 Å². The molecule has 0 saturated heterocycles. The molecule has 0 aromatic heterocycles. The van der Waals surface area contributed by atoms with Crippen molar-refractivity contribution in [3.63, 3.8) is 0 Å². The second-order valence-corrected chi connectivity index (χ2v) is 7.16. The van der Waals surface area contributed by atoms with Crippen molar-refractivity contribution in [1.29, 1.82) is 0 Å². The molecule has 0 fully saturated rings. The Hall–Kier alpha value is -3.80. The molecule has 142 valence electrons. The van der Waals surface area contributed by atoms with E-state index in [2.05, 4.69) is 4.99 Å². The Morgan fingerprint density at radius 3 is 2.45 bits per heavy atom. The van der Waals surface area contributed by atoms with Crippen LogP contribution in [0.4, 0.5) is 5.69 Å². The number of carbonyl (C=O) groups is 3. The van der Waals surface area contributed by atoms with E-state index in [9.17, 15) is 14.4 Å². The number of rotatable bonds is 1. The zero-order chi connectivity index (χ0) is 20.3. The highest BCUT2D eigenvalue weighted by Crippen LogP contribution is 2.42. The van der Waals surface area contributed by atoms with E-state index in [4.69, 9.17) is 9.47 Å². The molecular weight excluding hydrogens is 370 g/mol. The van der Waals surface area contributed by atoms with Crippen LogP contribution >= 0.6 is 0 Å². The second kappa shape index (κ2) is 6.10. The van der Waals surface area contributed by atoms with Gasteiger partial charge < -0.3 is 9.47 Å². The Morgan fingerprint density at radius 1 is 1.07 bits per heavy atom. The molecule has 3 aliphatic rings. The van der Waals surface area contributed by atoms with Gasteiger partial charge in [0.1, 0.15) is 11.3 Å². The van der Waals surface area contributed by atoms with E-state index in [-0.39, 0.29) is 40.1 Å². The van der Waals surface area contributed by atoms with Crippen LogP contribution in [0, 0.1) is 0 Å². The number of carbonyl (C=O) groups excluding carboxylic acids is 3. The van der Waals surface area contributed by atoms with Crippen LogP contribution in [0.1, 0.15) is 45.7 Å². The molecule has 6 heteroatoms. The predicted octanol–water partition coefficient (Wildman–Crippen LogP) is 1.82. The van der Waals surface area contributed by atoms with Gasteiger partial charge in [0, 0.05) is 30.2 Å². The monoisotopic (exact) mass is 386 g/mol. The normalized spacial score (nSPS) is 18.5. The zero-order valence-electron chi connectivity index (χ0n) is 15.7. The van der Waals surface area contributed by atoms with Crippen molar-refractivity contribution in [3.05, 3.63) is 76.4 Å². The minimum Gasteiger partial charge on any atom is -0.468 e. The third kappa shape index (κ3) is 2.56. The van der Waals surface area contributed by atoms with Gasteiger partial charge in [-0.05, 0) is 13.0 Å². The maximum Gasteiger partial charge on any atom is 0.308 e. The number of fused-ring (bicyclic) bond motifs is 5. The molecule has 1 aliphatic heterocycles. The maximum atomic E-state index is 13.3. The van der Waals surface area contributed by atoms with Crippen LogP contribution in [0.2, 0.25) is 0 Å². The molecule has 5 rings (SSSR count). The van der Waals surface area contributed by atoms with E-state index in [1.54, 1.807) is 24.3 Å². The highest BCUT2D eigenvalue weighted by Gasteiger charge is 2.41. The van der Waals surface area contributed by atoms with Gasteiger partial charge in [0.25, 0.3) is 5.69 Å². The molecule has 1 N–H and O–H groups in total. The summed E-state index contributed by atoms with van der Waals surface area (Å²) in [4.78, 5) is 41.5. The summed E-state index contributed by atoms with van der Waals surface area (Å²) < 4.78 is 11.4. The lowest BCUT2D eigenvalue weighted by Crippen LogP contribution is -2.72. The molecule has 1 heterocycles. The molecule has 1 atom stereocenters. The highest BCUT2D eigenvalue weighted by atomic mass is 16.5. The number of benzene rings is 2. The van der Waals surface area contributed by atoms with Crippen molar-refractivity contribution >= 4 is 28.9 Å². The van der Waals surface area contributed by atoms with E-state index < -0.39 is 5.97 Å². The molecule has 29 heavy (non-hydrogen) atoms. The first-order chi connectivity index (χ1) is 13.9. The summed E-state index contributed by atoms with van der Waals surface area (Å²) in [6, 6.07) is 8.13. The Kier molecular flexibility index (Phi) is 3.64. The lowest BCUT2D eigenvalue weighted by molar-refractivity contribution is -0.362. The SMILES string of the molecule is CC(=O)Oc1cc2c(c3c1C(=O)c1ccccc1C3=O)[NH+]=C1C=CC(C)=CC1O2. The predicted molar refractivity (Wildman–Crippen MR) is 104 cm³/mol. The van der Waals surface area contributed by atoms with Gasteiger partial charge in [0.05, 0.1) is 5.56 Å². The standard InChI is InChI=1S/C23H15NO5/c1-11-7-8-15-16(9-11)29-18-10-17(28-12(2)25)19-20(21(18)24-15)23(27)14-6-4-3-5-13(14)22(19)26/h3-10,16H,1-2H3/p+1. The van der Waals surface area contributed by atoms with Gasteiger partial charge in [0.2, 0.25) is 17.6 Å². The van der Waals surface area contributed by atoms with E-state index in [0.717, 1.165) is 11.3 Å². The number of allylic oxidation sites excluding steroid dienone is 2. The summed E-state index contributed by atoms with van der Waals surface area (Å²) >= 11 is 0. The largest absolute Gasteiger partial charge is 0.468 e. The first-order valence-electron chi connectivity index (χ1n) is 9.19. The summed E-state index contributed by atoms with van der Waals surface area (Å²) in [5.41, 5.74) is 3.06. The molecule has 6 nitrogen and oxygen atoms in total. The Morgan fingerprint density at radius 2 is 1.76 bits per heavy atom. The molecule has 2 aromatic rings. The van der Waals surface area contributed by atoms with Crippen molar-refractivity contribution < 1.29 is 28.8 Å². The number of hydrogen-bond donors (Lipinski definition) is 1. The first-order valence-corrected chi connectivity index (χ1v) is 9.19. The third-order valence-electron chi connectivity index (χ3n) is 5.15. The first kappa shape index (κ1) is 17.3. The van der Waals surface area contributed by atoms with Crippen LogP contribution < -0.4 is 14.5 Å². The van der Waals surface area contributed by atoms with Crippen LogP contribution in [0.5, 0.6) is 11.5 Å². The molecular formula is C23H16NO5+. The van der Waals surface area contributed by atoms with Crippen molar-refractivity contribution in [1.82, 2.24) is 0 Å². The minimum absolute atomic E-state index is 0.0245. The molecule has 2 aromatic carbocycles. The minimum atomic E-state index is -0.585. The number of nitrogens with one attached hydrogen (secondary N) is 1. The van der Waals surface area contributed by atoms with Gasteiger partial charge in [-0.15, -0.1) is 0 Å². The van der Waals surface area contributed by atoms with Gasteiger partial charge >= 0.3 is 5.97 Å². The summed E-state index contributed by atoms with van der Waals surface area (Å²) in [7, 11) is 0. The van der Waals surface area contributed by atoms with Crippen LogP contribution in [0.25, 0.3) is 0 Å². The van der Waals surface area contributed by atoms with E-state index in [1.807, 2.05) is 25.2 Å². The van der Waals surface area contributed by atoms with E-state index in [0.29, 0.717) is 17.0 Å². The Balaban J connectivity index is 1.80. The fourth-order valence-corrected chi connectivity index (χ4v) is 3.88. The van der Waals surface area contributed by atoms with Gasteiger partial charge in [-0.1, -0.05) is 35.9 Å². The molecule has 2 aliphatic carbocycles. The van der Waals surface area contributed by atoms with Crippen molar-refractivity contribution in [2.75, 3.05) is 0 Å². The Bertz CT molecular complexity index is 1230. The quantitative estimate of drug-likeness (QED) is 0.510. The summed E-state index contributed by atoms with van der Waals surface area (Å²) in [5.74, 6) is -0.885.